The largest absolute Gasteiger partial charge is 0.454 e. The van der Waals surface area contributed by atoms with E-state index >= 15 is 0 Å². The van der Waals surface area contributed by atoms with E-state index in [1.165, 1.54) is 0 Å². The Morgan fingerprint density at radius 1 is 1.41 bits per heavy atom. The van der Waals surface area contributed by atoms with Crippen molar-refractivity contribution in [1.82, 2.24) is 10.2 Å². The van der Waals surface area contributed by atoms with Crippen LogP contribution in [0.3, 0.4) is 0 Å². The zero-order valence-electron chi connectivity index (χ0n) is 13.0. The first-order valence-corrected chi connectivity index (χ1v) is 7.64. The second kappa shape index (κ2) is 6.54. The predicted molar refractivity (Wildman–Crippen MR) is 81.0 cm³/mol. The number of benzene rings is 1. The normalized spacial score (nSPS) is 22.4. The highest BCUT2D eigenvalue weighted by atomic mass is 16.7. The van der Waals surface area contributed by atoms with E-state index in [9.17, 15) is 4.79 Å². The van der Waals surface area contributed by atoms with E-state index in [-0.39, 0.29) is 24.8 Å². The van der Waals surface area contributed by atoms with Crippen LogP contribution >= 0.6 is 0 Å². The maximum atomic E-state index is 12.2. The molecular weight excluding hydrogens is 284 g/mol. The molecule has 6 nitrogen and oxygen atoms in total. The Hall–Kier alpha value is -1.79. The zero-order valence-corrected chi connectivity index (χ0v) is 13.0. The Kier molecular flexibility index (Phi) is 4.49. The summed E-state index contributed by atoms with van der Waals surface area (Å²) in [7, 11) is 0. The van der Waals surface area contributed by atoms with Crippen molar-refractivity contribution in [2.75, 3.05) is 33.1 Å². The lowest BCUT2D eigenvalue weighted by atomic mass is 10.1. The van der Waals surface area contributed by atoms with Gasteiger partial charge < -0.3 is 19.5 Å². The van der Waals surface area contributed by atoms with Crippen molar-refractivity contribution in [2.24, 2.45) is 0 Å². The summed E-state index contributed by atoms with van der Waals surface area (Å²) in [4.78, 5) is 14.4. The molecule has 3 rings (SSSR count). The van der Waals surface area contributed by atoms with Gasteiger partial charge in [0.1, 0.15) is 0 Å². The molecule has 0 bridgehead atoms. The van der Waals surface area contributed by atoms with E-state index in [2.05, 4.69) is 17.1 Å². The molecule has 1 amide bonds. The van der Waals surface area contributed by atoms with Crippen LogP contribution in [0.4, 0.5) is 0 Å². The minimum atomic E-state index is -0.0710. The maximum absolute atomic E-state index is 12.2. The monoisotopic (exact) mass is 306 g/mol. The van der Waals surface area contributed by atoms with Crippen LogP contribution in [0, 0.1) is 0 Å². The molecule has 22 heavy (non-hydrogen) atoms. The summed E-state index contributed by atoms with van der Waals surface area (Å²) < 4.78 is 16.1. The van der Waals surface area contributed by atoms with E-state index in [0.29, 0.717) is 19.8 Å². The molecule has 0 aliphatic carbocycles. The molecule has 1 aromatic rings. The summed E-state index contributed by atoms with van der Waals surface area (Å²) in [6.45, 7) is 6.88. The van der Waals surface area contributed by atoms with Gasteiger partial charge in [-0.25, -0.2) is 0 Å². The van der Waals surface area contributed by atoms with Crippen LogP contribution < -0.4 is 14.8 Å². The van der Waals surface area contributed by atoms with Crippen molar-refractivity contribution >= 4 is 5.91 Å². The molecule has 2 aliphatic heterocycles. The Balaban J connectivity index is 1.56. The number of carbonyl (C=O) groups is 1. The molecule has 2 aliphatic rings. The first-order chi connectivity index (χ1) is 10.6. The fourth-order valence-corrected chi connectivity index (χ4v) is 2.73. The molecule has 1 aromatic carbocycles. The van der Waals surface area contributed by atoms with Gasteiger partial charge in [-0.1, -0.05) is 6.07 Å². The van der Waals surface area contributed by atoms with E-state index in [1.54, 1.807) is 0 Å². The summed E-state index contributed by atoms with van der Waals surface area (Å²) in [5.41, 5.74) is 1.01. The second-order valence-electron chi connectivity index (χ2n) is 5.80. The van der Waals surface area contributed by atoms with Gasteiger partial charge >= 0.3 is 0 Å². The number of morpholine rings is 1. The fourth-order valence-electron chi connectivity index (χ4n) is 2.73. The highest BCUT2D eigenvalue weighted by molar-refractivity contribution is 5.78. The number of ether oxygens (including phenoxy) is 3. The number of carbonyl (C=O) groups excluding carboxylic acids is 1. The van der Waals surface area contributed by atoms with Crippen LogP contribution in [-0.4, -0.2) is 49.9 Å². The van der Waals surface area contributed by atoms with Gasteiger partial charge in [-0.2, -0.15) is 0 Å². The Labute approximate surface area is 130 Å². The maximum Gasteiger partial charge on any atom is 0.234 e. The molecule has 0 radical (unpaired) electrons. The van der Waals surface area contributed by atoms with E-state index < -0.39 is 0 Å². The number of hydrogen-bond acceptors (Lipinski definition) is 5. The molecular formula is C16H22N2O4. The number of rotatable bonds is 4. The Bertz CT molecular complexity index is 549. The van der Waals surface area contributed by atoms with E-state index in [4.69, 9.17) is 14.2 Å². The van der Waals surface area contributed by atoms with Crippen LogP contribution in [0.2, 0.25) is 0 Å². The standard InChI is InChI=1S/C16H22N2O4/c1-11-9-20-6-5-18(11)8-16(19)17-12(2)13-3-4-14-15(7-13)22-10-21-14/h3-4,7,11-12H,5-6,8-10H2,1-2H3,(H,17,19)/t11-,12-/m0/s1. The molecule has 0 saturated carbocycles. The molecule has 120 valence electrons. The number of nitrogens with zero attached hydrogens (tertiary/aromatic N) is 1. The van der Waals surface area contributed by atoms with Crippen molar-refractivity contribution in [2.45, 2.75) is 25.9 Å². The van der Waals surface area contributed by atoms with Gasteiger partial charge in [0.15, 0.2) is 11.5 Å². The molecule has 1 saturated heterocycles. The predicted octanol–water partition coefficient (Wildman–Crippen LogP) is 1.31. The van der Waals surface area contributed by atoms with Crippen LogP contribution in [0.1, 0.15) is 25.5 Å². The van der Waals surface area contributed by atoms with Crippen LogP contribution in [-0.2, 0) is 9.53 Å². The lowest BCUT2D eigenvalue weighted by molar-refractivity contribution is -0.125. The minimum absolute atomic E-state index is 0.0268. The number of fused-ring (bicyclic) bond motifs is 1. The highest BCUT2D eigenvalue weighted by Crippen LogP contribution is 2.34. The zero-order chi connectivity index (χ0) is 15.5. The third kappa shape index (κ3) is 3.34. The SMILES string of the molecule is C[C@H](NC(=O)CN1CCOC[C@@H]1C)c1ccc2c(c1)OCO2. The summed E-state index contributed by atoms with van der Waals surface area (Å²) in [5.74, 6) is 1.52. The number of hydrogen-bond donors (Lipinski definition) is 1. The van der Waals surface area contributed by atoms with Crippen LogP contribution in [0.25, 0.3) is 0 Å². The van der Waals surface area contributed by atoms with Gasteiger partial charge in [-0.3, -0.25) is 9.69 Å². The summed E-state index contributed by atoms with van der Waals surface area (Å²) >= 11 is 0. The smallest absolute Gasteiger partial charge is 0.234 e. The Morgan fingerprint density at radius 2 is 2.23 bits per heavy atom. The quantitative estimate of drug-likeness (QED) is 0.909. The molecule has 0 unspecified atom stereocenters. The number of nitrogens with one attached hydrogen (secondary N) is 1. The first kappa shape index (κ1) is 15.1. The van der Waals surface area contributed by atoms with Crippen molar-refractivity contribution in [3.8, 4) is 11.5 Å². The Morgan fingerprint density at radius 3 is 3.05 bits per heavy atom. The molecule has 2 heterocycles. The molecule has 1 N–H and O–H groups in total. The summed E-state index contributed by atoms with van der Waals surface area (Å²) in [6, 6.07) is 5.96. The highest BCUT2D eigenvalue weighted by Gasteiger charge is 2.22. The van der Waals surface area contributed by atoms with Crippen molar-refractivity contribution in [3.05, 3.63) is 23.8 Å². The lowest BCUT2D eigenvalue weighted by Gasteiger charge is -2.32. The van der Waals surface area contributed by atoms with Gasteiger partial charge in [0.05, 0.1) is 25.8 Å². The van der Waals surface area contributed by atoms with Crippen LogP contribution in [0.15, 0.2) is 18.2 Å². The summed E-state index contributed by atoms with van der Waals surface area (Å²) in [6.07, 6.45) is 0. The number of amides is 1. The molecule has 6 heteroatoms. The van der Waals surface area contributed by atoms with Crippen molar-refractivity contribution < 1.29 is 19.0 Å². The van der Waals surface area contributed by atoms with Gasteiger partial charge in [-0.05, 0) is 31.5 Å². The topological polar surface area (TPSA) is 60.0 Å². The minimum Gasteiger partial charge on any atom is -0.454 e. The van der Waals surface area contributed by atoms with Crippen molar-refractivity contribution in [1.29, 1.82) is 0 Å². The average Bonchev–Trinajstić information content (AvgIpc) is 2.97. The molecule has 0 spiro atoms. The van der Waals surface area contributed by atoms with Gasteiger partial charge in [0.25, 0.3) is 0 Å². The van der Waals surface area contributed by atoms with Crippen LogP contribution in [0.5, 0.6) is 11.5 Å². The van der Waals surface area contributed by atoms with Crippen molar-refractivity contribution in [3.63, 3.8) is 0 Å². The van der Waals surface area contributed by atoms with Gasteiger partial charge in [0.2, 0.25) is 12.7 Å². The third-order valence-corrected chi connectivity index (χ3v) is 4.13. The second-order valence-corrected chi connectivity index (χ2v) is 5.80. The lowest BCUT2D eigenvalue weighted by Crippen LogP contribution is -2.48. The van der Waals surface area contributed by atoms with Gasteiger partial charge in [0, 0.05) is 12.6 Å². The van der Waals surface area contributed by atoms with E-state index in [0.717, 1.165) is 23.6 Å². The molecule has 0 aromatic heterocycles. The molecule has 1 fully saturated rings. The molecule has 2 atom stereocenters. The third-order valence-electron chi connectivity index (χ3n) is 4.13. The first-order valence-electron chi connectivity index (χ1n) is 7.64. The van der Waals surface area contributed by atoms with Gasteiger partial charge in [-0.15, -0.1) is 0 Å². The van der Waals surface area contributed by atoms with E-state index in [1.807, 2.05) is 25.1 Å². The summed E-state index contributed by atoms with van der Waals surface area (Å²) in [5, 5.41) is 3.04. The average molecular weight is 306 g/mol. The fraction of sp³-hybridized carbons (Fsp3) is 0.562.